The van der Waals surface area contributed by atoms with Gasteiger partial charge in [-0.25, -0.2) is 9.97 Å². The molecule has 22 heavy (non-hydrogen) atoms. The van der Waals surface area contributed by atoms with E-state index >= 15 is 0 Å². The van der Waals surface area contributed by atoms with Crippen LogP contribution >= 0.6 is 11.3 Å². The number of hydrogen-bond donors (Lipinski definition) is 1. The lowest BCUT2D eigenvalue weighted by Gasteiger charge is -2.33. The molecule has 0 aliphatic heterocycles. The Balaban J connectivity index is 2.20. The monoisotopic (exact) mass is 315 g/mol. The molecule has 0 spiro atoms. The van der Waals surface area contributed by atoms with Gasteiger partial charge in [0.25, 0.3) is 0 Å². The van der Waals surface area contributed by atoms with E-state index in [1.165, 1.54) is 16.9 Å². The molecule has 2 unspecified atom stereocenters. The molecular weight excluding hydrogens is 294 g/mol. The first kappa shape index (κ1) is 15.0. The molecule has 2 atom stereocenters. The lowest BCUT2D eigenvalue weighted by Crippen LogP contribution is -2.36. The Labute approximate surface area is 134 Å². The smallest absolute Gasteiger partial charge is 0.181 e. The van der Waals surface area contributed by atoms with E-state index in [1.807, 2.05) is 18.7 Å². The minimum Gasteiger partial charge on any atom is -0.375 e. The molecule has 0 fully saturated rings. The molecule has 0 aliphatic carbocycles. The van der Waals surface area contributed by atoms with Crippen LogP contribution in [0.2, 0.25) is 0 Å². The van der Waals surface area contributed by atoms with Crippen molar-refractivity contribution >= 4 is 26.7 Å². The second-order valence-corrected chi connectivity index (χ2v) is 6.70. The topological polar surface area (TPSA) is 60.0 Å². The zero-order valence-corrected chi connectivity index (χ0v) is 13.9. The third kappa shape index (κ3) is 2.60. The van der Waals surface area contributed by atoms with Crippen LogP contribution in [0.1, 0.15) is 24.9 Å². The third-order valence-electron chi connectivity index (χ3n) is 4.08. The minimum atomic E-state index is 0.160. The largest absolute Gasteiger partial charge is 0.375 e. The molecule has 0 amide bonds. The van der Waals surface area contributed by atoms with Crippen LogP contribution in [0.3, 0.4) is 0 Å². The van der Waals surface area contributed by atoms with Crippen LogP contribution in [0.25, 0.3) is 10.2 Å². The molecule has 5 nitrogen and oxygen atoms in total. The van der Waals surface area contributed by atoms with E-state index in [-0.39, 0.29) is 6.04 Å². The number of nitrogens with two attached hydrogens (primary N) is 1. The molecule has 116 valence electrons. The number of benzene rings is 1. The van der Waals surface area contributed by atoms with Crippen molar-refractivity contribution in [1.29, 1.82) is 0 Å². The van der Waals surface area contributed by atoms with E-state index in [2.05, 4.69) is 58.7 Å². The van der Waals surface area contributed by atoms with Gasteiger partial charge in [0.1, 0.15) is 0 Å². The van der Waals surface area contributed by atoms with Crippen LogP contribution < -0.4 is 5.73 Å². The predicted molar refractivity (Wildman–Crippen MR) is 92.2 cm³/mol. The van der Waals surface area contributed by atoms with Gasteiger partial charge in [0, 0.05) is 24.0 Å². The molecule has 3 aromatic rings. The highest BCUT2D eigenvalue weighted by molar-refractivity contribution is 7.22. The van der Waals surface area contributed by atoms with Gasteiger partial charge in [-0.3, -0.25) is 0 Å². The van der Waals surface area contributed by atoms with E-state index in [1.54, 1.807) is 0 Å². The number of hydrogen-bond acceptors (Lipinski definition) is 5. The number of nitrogens with zero attached hydrogens (tertiary/aromatic N) is 4. The van der Waals surface area contributed by atoms with Crippen molar-refractivity contribution in [3.05, 3.63) is 42.5 Å². The number of aromatic nitrogens is 3. The van der Waals surface area contributed by atoms with E-state index in [4.69, 9.17) is 5.73 Å². The highest BCUT2D eigenvalue weighted by Gasteiger charge is 2.27. The van der Waals surface area contributed by atoms with E-state index in [0.29, 0.717) is 11.2 Å². The molecule has 3 rings (SSSR count). The van der Waals surface area contributed by atoms with E-state index in [0.717, 1.165) is 16.6 Å². The third-order valence-corrected chi connectivity index (χ3v) is 4.93. The van der Waals surface area contributed by atoms with Crippen molar-refractivity contribution in [3.8, 4) is 0 Å². The number of nitrogen functional groups attached to an aromatic ring is 1. The van der Waals surface area contributed by atoms with Crippen molar-refractivity contribution in [2.45, 2.75) is 25.4 Å². The summed E-state index contributed by atoms with van der Waals surface area (Å²) in [7, 11) is 4.24. The standard InChI is InChI=1S/C16H21N5S/c1-4-12(20(2)3)15(21-9-8-18-10-21)11-6-5-7-13-14(11)19-16(17)22-13/h5-10,12,15H,4H2,1-3H3,(H2,17,19). The Morgan fingerprint density at radius 1 is 1.36 bits per heavy atom. The fourth-order valence-electron chi connectivity index (χ4n) is 3.10. The number of imidazole rings is 1. The van der Waals surface area contributed by atoms with Crippen LogP contribution in [0.4, 0.5) is 5.13 Å². The molecule has 1 aromatic carbocycles. The minimum absolute atomic E-state index is 0.160. The summed E-state index contributed by atoms with van der Waals surface area (Å²) in [6.45, 7) is 2.21. The van der Waals surface area contributed by atoms with Gasteiger partial charge in [0.05, 0.1) is 22.6 Å². The number of fused-ring (bicyclic) bond motifs is 1. The quantitative estimate of drug-likeness (QED) is 0.786. The lowest BCUT2D eigenvalue weighted by atomic mass is 9.95. The maximum absolute atomic E-state index is 5.92. The van der Waals surface area contributed by atoms with Crippen molar-refractivity contribution in [2.75, 3.05) is 19.8 Å². The summed E-state index contributed by atoms with van der Waals surface area (Å²) < 4.78 is 3.30. The van der Waals surface area contributed by atoms with Crippen LogP contribution in [0, 0.1) is 0 Å². The van der Waals surface area contributed by atoms with E-state index in [9.17, 15) is 0 Å². The average Bonchev–Trinajstić information content (AvgIpc) is 3.11. The van der Waals surface area contributed by atoms with Gasteiger partial charge in [-0.15, -0.1) is 0 Å². The molecule has 0 bridgehead atoms. The molecule has 0 saturated carbocycles. The molecule has 0 aliphatic rings. The SMILES string of the molecule is CCC(C(c1cccc2sc(N)nc12)n1ccnc1)N(C)C. The van der Waals surface area contributed by atoms with Gasteiger partial charge in [0.15, 0.2) is 5.13 Å². The zero-order valence-electron chi connectivity index (χ0n) is 13.1. The van der Waals surface area contributed by atoms with Crippen LogP contribution in [0.15, 0.2) is 36.9 Å². The van der Waals surface area contributed by atoms with Gasteiger partial charge in [-0.05, 0) is 26.6 Å². The second kappa shape index (κ2) is 6.06. The Hall–Kier alpha value is -1.92. The molecule has 2 aromatic heterocycles. The molecule has 6 heteroatoms. The molecule has 0 saturated heterocycles. The van der Waals surface area contributed by atoms with Gasteiger partial charge in [-0.2, -0.15) is 0 Å². The highest BCUT2D eigenvalue weighted by atomic mass is 32.1. The number of thiazole rings is 1. The van der Waals surface area contributed by atoms with Gasteiger partial charge in [0.2, 0.25) is 0 Å². The summed E-state index contributed by atoms with van der Waals surface area (Å²) in [5.74, 6) is 0. The molecular formula is C16H21N5S. The van der Waals surface area contributed by atoms with Crippen LogP contribution in [0.5, 0.6) is 0 Å². The number of likely N-dealkylation sites (N-methyl/N-ethyl adjacent to an activating group) is 1. The van der Waals surface area contributed by atoms with Gasteiger partial charge >= 0.3 is 0 Å². The molecule has 2 heterocycles. The lowest BCUT2D eigenvalue weighted by molar-refractivity contribution is 0.228. The number of anilines is 1. The Bertz CT molecular complexity index is 747. The van der Waals surface area contributed by atoms with Crippen LogP contribution in [-0.2, 0) is 0 Å². The normalized spacial score (nSPS) is 14.5. The molecule has 0 radical (unpaired) electrons. The first-order valence-corrected chi connectivity index (χ1v) is 8.22. The maximum Gasteiger partial charge on any atom is 0.181 e. The van der Waals surface area contributed by atoms with Crippen molar-refractivity contribution in [2.24, 2.45) is 0 Å². The summed E-state index contributed by atoms with van der Waals surface area (Å²) >= 11 is 1.54. The Morgan fingerprint density at radius 2 is 2.18 bits per heavy atom. The summed E-state index contributed by atoms with van der Waals surface area (Å²) in [5, 5.41) is 0.615. The number of rotatable bonds is 5. The zero-order chi connectivity index (χ0) is 15.7. The van der Waals surface area contributed by atoms with Crippen molar-refractivity contribution < 1.29 is 0 Å². The van der Waals surface area contributed by atoms with Gasteiger partial charge in [-0.1, -0.05) is 30.4 Å². The Morgan fingerprint density at radius 3 is 2.82 bits per heavy atom. The molecule has 2 N–H and O–H groups in total. The first-order chi connectivity index (χ1) is 10.6. The van der Waals surface area contributed by atoms with E-state index < -0.39 is 0 Å². The predicted octanol–water partition coefficient (Wildman–Crippen LogP) is 3.00. The fraction of sp³-hybridized carbons (Fsp3) is 0.375. The highest BCUT2D eigenvalue weighted by Crippen LogP contribution is 2.34. The maximum atomic E-state index is 5.92. The van der Waals surface area contributed by atoms with Crippen molar-refractivity contribution in [1.82, 2.24) is 19.4 Å². The number of para-hydroxylation sites is 1. The Kier molecular flexibility index (Phi) is 4.13. The summed E-state index contributed by atoms with van der Waals surface area (Å²) in [4.78, 5) is 11.1. The second-order valence-electron chi connectivity index (χ2n) is 5.64. The summed E-state index contributed by atoms with van der Waals surface area (Å²) in [5.41, 5.74) is 8.13. The first-order valence-electron chi connectivity index (χ1n) is 7.40. The average molecular weight is 315 g/mol. The fourth-order valence-corrected chi connectivity index (χ4v) is 3.87. The summed E-state index contributed by atoms with van der Waals surface area (Å²) in [6.07, 6.45) is 6.76. The summed E-state index contributed by atoms with van der Waals surface area (Å²) in [6, 6.07) is 6.82. The van der Waals surface area contributed by atoms with Crippen LogP contribution in [-0.4, -0.2) is 39.6 Å². The van der Waals surface area contributed by atoms with Crippen molar-refractivity contribution in [3.63, 3.8) is 0 Å². The van der Waals surface area contributed by atoms with Gasteiger partial charge < -0.3 is 15.2 Å².